The maximum Gasteiger partial charge on any atom is 0.0710 e. The van der Waals surface area contributed by atoms with Crippen molar-refractivity contribution in [1.29, 1.82) is 0 Å². The molecule has 110 valence electrons. The molecule has 5 nitrogen and oxygen atoms in total. The first-order valence-corrected chi connectivity index (χ1v) is 7.78. The van der Waals surface area contributed by atoms with Gasteiger partial charge in [-0.3, -0.25) is 10.1 Å². The summed E-state index contributed by atoms with van der Waals surface area (Å²) in [6.45, 7) is 4.64. The van der Waals surface area contributed by atoms with E-state index in [1.807, 2.05) is 18.5 Å². The summed E-state index contributed by atoms with van der Waals surface area (Å²) in [5.41, 5.74) is 3.40. The van der Waals surface area contributed by atoms with Crippen molar-refractivity contribution >= 4 is 0 Å². The van der Waals surface area contributed by atoms with Crippen LogP contribution in [-0.2, 0) is 6.54 Å². The Labute approximate surface area is 124 Å². The molecular formula is C16H21N5. The highest BCUT2D eigenvalue weighted by Gasteiger charge is 2.33. The van der Waals surface area contributed by atoms with Crippen molar-refractivity contribution in [2.75, 3.05) is 19.6 Å². The first kappa shape index (κ1) is 13.0. The fraction of sp³-hybridized carbons (Fsp3) is 0.500. The Morgan fingerprint density at radius 2 is 2.19 bits per heavy atom. The molecule has 2 aromatic heterocycles. The van der Waals surface area contributed by atoms with Crippen molar-refractivity contribution in [2.24, 2.45) is 5.92 Å². The number of nitrogens with zero attached hydrogens (tertiary/aromatic N) is 3. The molecule has 5 heteroatoms. The van der Waals surface area contributed by atoms with Crippen LogP contribution < -0.4 is 5.32 Å². The lowest BCUT2D eigenvalue weighted by Crippen LogP contribution is -2.55. The maximum atomic E-state index is 4.21. The van der Waals surface area contributed by atoms with Crippen LogP contribution in [0.2, 0.25) is 0 Å². The van der Waals surface area contributed by atoms with E-state index in [-0.39, 0.29) is 0 Å². The zero-order valence-corrected chi connectivity index (χ0v) is 12.1. The number of piperidine rings is 3. The lowest BCUT2D eigenvalue weighted by atomic mass is 9.84. The van der Waals surface area contributed by atoms with Crippen molar-refractivity contribution in [3.8, 4) is 11.3 Å². The molecule has 0 amide bonds. The van der Waals surface area contributed by atoms with Gasteiger partial charge in [0.2, 0.25) is 0 Å². The summed E-state index contributed by atoms with van der Waals surface area (Å²) < 4.78 is 0. The van der Waals surface area contributed by atoms with E-state index < -0.39 is 0 Å². The molecule has 0 spiro atoms. The molecule has 5 heterocycles. The molecule has 0 aromatic carbocycles. The highest BCUT2D eigenvalue weighted by atomic mass is 15.2. The predicted octanol–water partition coefficient (Wildman–Crippen LogP) is 1.66. The third-order valence-corrected chi connectivity index (χ3v) is 4.88. The van der Waals surface area contributed by atoms with Gasteiger partial charge in [0.1, 0.15) is 0 Å². The summed E-state index contributed by atoms with van der Waals surface area (Å²) in [6, 6.07) is 4.66. The average Bonchev–Trinajstić information content (AvgIpc) is 3.03. The molecular weight excluding hydrogens is 262 g/mol. The summed E-state index contributed by atoms with van der Waals surface area (Å²) in [6.07, 6.45) is 8.30. The van der Waals surface area contributed by atoms with Crippen LogP contribution in [0.5, 0.6) is 0 Å². The van der Waals surface area contributed by atoms with Gasteiger partial charge < -0.3 is 10.2 Å². The fourth-order valence-electron chi connectivity index (χ4n) is 3.64. The van der Waals surface area contributed by atoms with E-state index in [2.05, 4.69) is 31.5 Å². The van der Waals surface area contributed by atoms with Crippen molar-refractivity contribution < 1.29 is 0 Å². The highest BCUT2D eigenvalue weighted by Crippen LogP contribution is 2.28. The SMILES string of the molecule is c1cncc(-c2[nH]ncc2CNC2CN3CCC2CC3)c1. The Morgan fingerprint density at radius 1 is 1.29 bits per heavy atom. The number of aromatic nitrogens is 3. The minimum Gasteiger partial charge on any atom is -0.308 e. The Kier molecular flexibility index (Phi) is 3.45. The van der Waals surface area contributed by atoms with Gasteiger partial charge in [-0.15, -0.1) is 0 Å². The van der Waals surface area contributed by atoms with Gasteiger partial charge >= 0.3 is 0 Å². The quantitative estimate of drug-likeness (QED) is 0.896. The fourth-order valence-corrected chi connectivity index (χ4v) is 3.64. The van der Waals surface area contributed by atoms with Gasteiger partial charge in [0.25, 0.3) is 0 Å². The third-order valence-electron chi connectivity index (χ3n) is 4.88. The number of rotatable bonds is 4. The second kappa shape index (κ2) is 5.58. The average molecular weight is 283 g/mol. The number of hydrogen-bond acceptors (Lipinski definition) is 4. The molecule has 3 saturated heterocycles. The predicted molar refractivity (Wildman–Crippen MR) is 81.6 cm³/mol. The summed E-state index contributed by atoms with van der Waals surface area (Å²) in [5, 5.41) is 11.1. The van der Waals surface area contributed by atoms with E-state index in [9.17, 15) is 0 Å². The molecule has 21 heavy (non-hydrogen) atoms. The number of nitrogens with one attached hydrogen (secondary N) is 2. The van der Waals surface area contributed by atoms with E-state index in [4.69, 9.17) is 0 Å². The standard InChI is InChI=1S/C16H21N5/c1-2-13(8-17-5-1)16-14(10-19-20-16)9-18-15-11-21-6-3-12(15)4-7-21/h1-2,5,8,10,12,15,18H,3-4,6-7,9,11H2,(H,19,20). The van der Waals surface area contributed by atoms with Gasteiger partial charge in [-0.2, -0.15) is 5.10 Å². The minimum atomic E-state index is 0.629. The second-order valence-corrected chi connectivity index (χ2v) is 6.14. The first-order valence-electron chi connectivity index (χ1n) is 7.78. The third kappa shape index (κ3) is 2.59. The molecule has 3 fully saturated rings. The van der Waals surface area contributed by atoms with Crippen LogP contribution in [0.15, 0.2) is 30.7 Å². The van der Waals surface area contributed by atoms with Gasteiger partial charge in [-0.1, -0.05) is 0 Å². The zero-order chi connectivity index (χ0) is 14.1. The maximum absolute atomic E-state index is 4.21. The smallest absolute Gasteiger partial charge is 0.0710 e. The van der Waals surface area contributed by atoms with Crippen LogP contribution in [0.1, 0.15) is 18.4 Å². The number of fused-ring (bicyclic) bond motifs is 3. The van der Waals surface area contributed by atoms with Crippen molar-refractivity contribution in [3.05, 3.63) is 36.3 Å². The van der Waals surface area contributed by atoms with E-state index in [0.29, 0.717) is 6.04 Å². The molecule has 3 aliphatic rings. The van der Waals surface area contributed by atoms with Gasteiger partial charge in [-0.05, 0) is 44.0 Å². The Morgan fingerprint density at radius 3 is 2.90 bits per heavy atom. The molecule has 0 radical (unpaired) electrons. The Bertz CT molecular complexity index is 586. The van der Waals surface area contributed by atoms with E-state index >= 15 is 0 Å². The number of aromatic amines is 1. The Balaban J connectivity index is 1.45. The van der Waals surface area contributed by atoms with Gasteiger partial charge in [0, 0.05) is 42.7 Å². The molecule has 1 atom stereocenters. The summed E-state index contributed by atoms with van der Waals surface area (Å²) in [7, 11) is 0. The molecule has 0 aliphatic carbocycles. The van der Waals surface area contributed by atoms with E-state index in [0.717, 1.165) is 23.7 Å². The van der Waals surface area contributed by atoms with E-state index in [1.165, 1.54) is 38.0 Å². The van der Waals surface area contributed by atoms with Gasteiger partial charge in [0.05, 0.1) is 11.9 Å². The van der Waals surface area contributed by atoms with Crippen molar-refractivity contribution in [3.63, 3.8) is 0 Å². The summed E-state index contributed by atoms with van der Waals surface area (Å²) >= 11 is 0. The molecule has 1 unspecified atom stereocenters. The van der Waals surface area contributed by atoms with Crippen molar-refractivity contribution in [2.45, 2.75) is 25.4 Å². The molecule has 2 N–H and O–H groups in total. The first-order chi connectivity index (χ1) is 10.4. The van der Waals surface area contributed by atoms with Crippen molar-refractivity contribution in [1.82, 2.24) is 25.4 Å². The number of pyridine rings is 1. The van der Waals surface area contributed by atoms with Crippen LogP contribution in [0.3, 0.4) is 0 Å². The lowest BCUT2D eigenvalue weighted by Gasteiger charge is -2.45. The number of hydrogen-bond donors (Lipinski definition) is 2. The monoisotopic (exact) mass is 283 g/mol. The Hall–Kier alpha value is -1.72. The summed E-state index contributed by atoms with van der Waals surface area (Å²) in [4.78, 5) is 6.77. The van der Waals surface area contributed by atoms with Crippen LogP contribution in [0.25, 0.3) is 11.3 Å². The largest absolute Gasteiger partial charge is 0.308 e. The summed E-state index contributed by atoms with van der Waals surface area (Å²) in [5.74, 6) is 0.851. The van der Waals surface area contributed by atoms with Crippen LogP contribution in [-0.4, -0.2) is 45.8 Å². The topological polar surface area (TPSA) is 56.8 Å². The molecule has 2 aromatic rings. The minimum absolute atomic E-state index is 0.629. The number of H-pyrrole nitrogens is 1. The molecule has 5 rings (SSSR count). The van der Waals surface area contributed by atoms with Gasteiger partial charge in [-0.25, -0.2) is 0 Å². The lowest BCUT2D eigenvalue weighted by molar-refractivity contribution is 0.0720. The molecule has 2 bridgehead atoms. The van der Waals surface area contributed by atoms with Gasteiger partial charge in [0.15, 0.2) is 0 Å². The second-order valence-electron chi connectivity index (χ2n) is 6.14. The van der Waals surface area contributed by atoms with Crippen LogP contribution in [0, 0.1) is 5.92 Å². The zero-order valence-electron chi connectivity index (χ0n) is 12.1. The highest BCUT2D eigenvalue weighted by molar-refractivity contribution is 5.61. The normalized spacial score (nSPS) is 27.9. The molecule has 3 aliphatic heterocycles. The van der Waals surface area contributed by atoms with Crippen LogP contribution >= 0.6 is 0 Å². The van der Waals surface area contributed by atoms with E-state index in [1.54, 1.807) is 6.20 Å². The molecule has 0 saturated carbocycles. The van der Waals surface area contributed by atoms with Crippen LogP contribution in [0.4, 0.5) is 0 Å².